The number of esters is 2. The number of carboxylic acids is 2. The molecule has 0 bridgehead atoms. The van der Waals surface area contributed by atoms with Gasteiger partial charge in [0.1, 0.15) is 18.7 Å². The second-order valence-corrected chi connectivity index (χ2v) is 8.46. The van der Waals surface area contributed by atoms with Gasteiger partial charge in [0.2, 0.25) is 0 Å². The van der Waals surface area contributed by atoms with Crippen LogP contribution in [0, 0.1) is 6.92 Å². The fourth-order valence-corrected chi connectivity index (χ4v) is 4.40. The van der Waals surface area contributed by atoms with E-state index in [1.54, 1.807) is 32.2 Å². The van der Waals surface area contributed by atoms with Crippen molar-refractivity contribution in [2.75, 3.05) is 20.8 Å². The lowest BCUT2D eigenvalue weighted by Gasteiger charge is -2.14. The van der Waals surface area contributed by atoms with Crippen LogP contribution in [0.1, 0.15) is 28.4 Å². The normalized spacial score (nSPS) is 16.4. The van der Waals surface area contributed by atoms with Crippen LogP contribution in [0.4, 0.5) is 0 Å². The smallest absolute Gasteiger partial charge is 0.341 e. The second-order valence-electron chi connectivity index (χ2n) is 8.46. The largest absolute Gasteiger partial charge is 0.480 e. The maximum absolute atomic E-state index is 12.5. The van der Waals surface area contributed by atoms with Crippen LogP contribution >= 0.6 is 0 Å². The van der Waals surface area contributed by atoms with E-state index in [-0.39, 0.29) is 16.7 Å². The quantitative estimate of drug-likeness (QED) is 0.147. The summed E-state index contributed by atoms with van der Waals surface area (Å²) in [6.07, 6.45) is 8.27. The molecule has 0 fully saturated rings. The van der Waals surface area contributed by atoms with Gasteiger partial charge in [-0.1, -0.05) is 12.1 Å². The van der Waals surface area contributed by atoms with E-state index in [1.807, 2.05) is 6.07 Å². The molecule has 0 radical (unpaired) electrons. The SMILES string of the molecule is COC(=O)\C(C=O)=C1C(C)=CC(=C/c2cc(C)c3c(C(=O)OC)cn(CC(=O)O)cc2-3)/C/1=C/NCC(=O)O. The standard InChI is InChI=1S/C27H26N2O9/c1-14-5-16(18(8-28-9-22(31)32)24(14)21(13-30)27(36)38-4)7-17-6-15(2)25-19(17)10-29(12-23(33)34)11-20(25)26(35)37-3/h5-8,10-11,13,28H,9,12H2,1-4H3,(H,31,32)(H,33,34)/b16-7-,18-8-,24-21+. The molecule has 0 aromatic heterocycles. The minimum Gasteiger partial charge on any atom is -0.480 e. The summed E-state index contributed by atoms with van der Waals surface area (Å²) < 4.78 is 11.0. The first kappa shape index (κ1) is 27.7. The van der Waals surface area contributed by atoms with E-state index in [0.717, 1.165) is 12.7 Å². The van der Waals surface area contributed by atoms with Crippen molar-refractivity contribution in [2.24, 2.45) is 0 Å². The van der Waals surface area contributed by atoms with Crippen LogP contribution in [0.3, 0.4) is 0 Å². The van der Waals surface area contributed by atoms with Crippen LogP contribution < -0.4 is 5.32 Å². The van der Waals surface area contributed by atoms with Gasteiger partial charge < -0.3 is 29.6 Å². The number of hydrogen-bond donors (Lipinski definition) is 3. The van der Waals surface area contributed by atoms with Gasteiger partial charge in [0.15, 0.2) is 6.29 Å². The van der Waals surface area contributed by atoms with E-state index in [1.165, 1.54) is 24.1 Å². The first-order chi connectivity index (χ1) is 18.0. The molecular formula is C27H26N2O9. The first-order valence-electron chi connectivity index (χ1n) is 11.3. The Bertz CT molecular complexity index is 1440. The number of aryl methyl sites for hydroxylation is 1. The maximum atomic E-state index is 12.5. The Morgan fingerprint density at radius 1 is 1.05 bits per heavy atom. The van der Waals surface area contributed by atoms with Gasteiger partial charge in [0.25, 0.3) is 0 Å². The third-order valence-electron chi connectivity index (χ3n) is 5.88. The Morgan fingerprint density at radius 2 is 1.76 bits per heavy atom. The lowest BCUT2D eigenvalue weighted by atomic mass is 9.96. The summed E-state index contributed by atoms with van der Waals surface area (Å²) in [6, 6.07) is 1.81. The molecule has 3 aliphatic rings. The highest BCUT2D eigenvalue weighted by Gasteiger charge is 2.28. The number of pyridine rings is 1. The van der Waals surface area contributed by atoms with Crippen LogP contribution in [-0.4, -0.2) is 65.7 Å². The molecule has 0 saturated heterocycles. The Morgan fingerprint density at radius 3 is 2.34 bits per heavy atom. The number of aliphatic carboxylic acids is 2. The van der Waals surface area contributed by atoms with Gasteiger partial charge in [0, 0.05) is 40.9 Å². The van der Waals surface area contributed by atoms with Crippen molar-refractivity contribution < 1.29 is 43.7 Å². The number of aldehydes is 1. The van der Waals surface area contributed by atoms with Crippen LogP contribution in [0.5, 0.6) is 0 Å². The van der Waals surface area contributed by atoms with Crippen LogP contribution in [-0.2, 0) is 35.2 Å². The zero-order chi connectivity index (χ0) is 28.1. The molecule has 11 nitrogen and oxygen atoms in total. The minimum atomic E-state index is -1.11. The molecule has 0 amide bonds. The van der Waals surface area contributed by atoms with Crippen LogP contribution in [0.2, 0.25) is 0 Å². The van der Waals surface area contributed by atoms with Gasteiger partial charge in [0.05, 0.1) is 19.8 Å². The Labute approximate surface area is 217 Å². The van der Waals surface area contributed by atoms with Gasteiger partial charge in [-0.25, -0.2) is 9.59 Å². The predicted molar refractivity (Wildman–Crippen MR) is 135 cm³/mol. The van der Waals surface area contributed by atoms with Gasteiger partial charge in [-0.05, 0) is 42.2 Å². The van der Waals surface area contributed by atoms with E-state index in [2.05, 4.69) is 5.32 Å². The molecule has 3 rings (SSSR count). The van der Waals surface area contributed by atoms with Crippen molar-refractivity contribution in [1.82, 2.24) is 9.88 Å². The molecule has 0 spiro atoms. The monoisotopic (exact) mass is 522 g/mol. The topological polar surface area (TPSA) is 161 Å². The Balaban J connectivity index is 2.27. The molecule has 0 aromatic rings. The number of rotatable bonds is 9. The fourth-order valence-electron chi connectivity index (χ4n) is 4.40. The number of allylic oxidation sites excluding steroid dienone is 5. The molecule has 3 N–H and O–H groups in total. The number of carboxylic acid groups (broad SMARTS) is 2. The van der Waals surface area contributed by atoms with E-state index in [9.17, 15) is 29.1 Å². The summed E-state index contributed by atoms with van der Waals surface area (Å²) in [5.74, 6) is -3.69. The maximum Gasteiger partial charge on any atom is 0.341 e. The molecule has 0 saturated carbocycles. The number of nitrogens with zero attached hydrogens (tertiary/aromatic N) is 1. The lowest BCUT2D eigenvalue weighted by molar-refractivity contribution is -0.138. The van der Waals surface area contributed by atoms with Crippen molar-refractivity contribution >= 4 is 36.2 Å². The third-order valence-corrected chi connectivity index (χ3v) is 5.88. The van der Waals surface area contributed by atoms with E-state index < -0.39 is 37.0 Å². The molecule has 1 aliphatic heterocycles. The van der Waals surface area contributed by atoms with Crippen LogP contribution in [0.25, 0.3) is 17.2 Å². The molecule has 0 unspecified atom stereocenters. The molecule has 0 aromatic carbocycles. The van der Waals surface area contributed by atoms with Crippen LogP contribution in [0.15, 0.2) is 58.6 Å². The van der Waals surface area contributed by atoms with Gasteiger partial charge >= 0.3 is 23.9 Å². The number of ether oxygens (including phenoxy) is 2. The predicted octanol–water partition coefficient (Wildman–Crippen LogP) is 2.34. The molecule has 0 atom stereocenters. The molecule has 2 aliphatic carbocycles. The summed E-state index contributed by atoms with van der Waals surface area (Å²) in [7, 11) is 2.38. The first-order valence-corrected chi connectivity index (χ1v) is 11.3. The summed E-state index contributed by atoms with van der Waals surface area (Å²) in [5, 5.41) is 21.0. The minimum absolute atomic E-state index is 0.194. The Hall–Kier alpha value is -4.93. The molecule has 38 heavy (non-hydrogen) atoms. The third kappa shape index (κ3) is 5.56. The molecule has 198 valence electrons. The number of aromatic nitrogens is 1. The average molecular weight is 523 g/mol. The van der Waals surface area contributed by atoms with E-state index >= 15 is 0 Å². The van der Waals surface area contributed by atoms with Gasteiger partial charge in [-0.3, -0.25) is 14.4 Å². The summed E-state index contributed by atoms with van der Waals surface area (Å²) in [4.78, 5) is 59.1. The highest BCUT2D eigenvalue weighted by molar-refractivity contribution is 6.11. The molecule has 11 heteroatoms. The van der Waals surface area contributed by atoms with Crippen molar-refractivity contribution in [1.29, 1.82) is 0 Å². The number of nitrogens with one attached hydrogen (secondary N) is 1. The lowest BCUT2D eigenvalue weighted by Crippen LogP contribution is -2.18. The zero-order valence-corrected chi connectivity index (χ0v) is 21.2. The van der Waals surface area contributed by atoms with E-state index in [0.29, 0.717) is 39.7 Å². The molecule has 1 heterocycles. The number of carbonyl (C=O) groups excluding carboxylic acids is 3. The van der Waals surface area contributed by atoms with Crippen molar-refractivity contribution in [2.45, 2.75) is 20.4 Å². The highest BCUT2D eigenvalue weighted by Crippen LogP contribution is 2.41. The fraction of sp³-hybridized carbons (Fsp3) is 0.222. The van der Waals surface area contributed by atoms with Crippen molar-refractivity contribution in [3.63, 3.8) is 0 Å². The highest BCUT2D eigenvalue weighted by atomic mass is 16.5. The zero-order valence-electron chi connectivity index (χ0n) is 21.2. The van der Waals surface area contributed by atoms with E-state index in [4.69, 9.17) is 14.6 Å². The van der Waals surface area contributed by atoms with Gasteiger partial charge in [-0.15, -0.1) is 0 Å². The number of hydrogen-bond acceptors (Lipinski definition) is 8. The summed E-state index contributed by atoms with van der Waals surface area (Å²) in [6.45, 7) is 2.69. The second kappa shape index (κ2) is 11.4. The summed E-state index contributed by atoms with van der Waals surface area (Å²) in [5.41, 5.74) is 4.24. The summed E-state index contributed by atoms with van der Waals surface area (Å²) >= 11 is 0. The van der Waals surface area contributed by atoms with Crippen molar-refractivity contribution in [3.8, 4) is 11.1 Å². The number of methoxy groups -OCH3 is 2. The van der Waals surface area contributed by atoms with Gasteiger partial charge in [-0.2, -0.15) is 0 Å². The number of carbonyl (C=O) groups is 5. The van der Waals surface area contributed by atoms with Crippen molar-refractivity contribution in [3.05, 3.63) is 75.3 Å². The number of fused-ring (bicyclic) bond motifs is 1. The average Bonchev–Trinajstić information content (AvgIpc) is 3.33. The Kier molecular flexibility index (Phi) is 8.31. The molecular weight excluding hydrogens is 496 g/mol.